The Morgan fingerprint density at radius 3 is 3.00 bits per heavy atom. The van der Waals surface area contributed by atoms with Crippen molar-refractivity contribution >= 4 is 5.91 Å². The largest absolute Gasteiger partial charge is 0.346 e. The molecule has 84 valence electrons. The molecule has 0 aliphatic carbocycles. The fraction of sp³-hybridized carbons (Fsp3) is 0.300. The first kappa shape index (κ1) is 10.4. The van der Waals surface area contributed by atoms with Crippen molar-refractivity contribution in [3.05, 3.63) is 35.4 Å². The van der Waals surface area contributed by atoms with Crippen molar-refractivity contribution in [1.82, 2.24) is 25.3 Å². The van der Waals surface area contributed by atoms with Crippen LogP contribution in [0.25, 0.3) is 0 Å². The van der Waals surface area contributed by atoms with Gasteiger partial charge in [-0.05, 0) is 13.0 Å². The van der Waals surface area contributed by atoms with Gasteiger partial charge in [-0.25, -0.2) is 0 Å². The van der Waals surface area contributed by atoms with Crippen LogP contribution in [0.1, 0.15) is 21.7 Å². The van der Waals surface area contributed by atoms with E-state index < -0.39 is 0 Å². The van der Waals surface area contributed by atoms with Crippen LogP contribution >= 0.6 is 0 Å². The highest BCUT2D eigenvalue weighted by Gasteiger charge is 2.10. The lowest BCUT2D eigenvalue weighted by molar-refractivity contribution is 0.0950. The van der Waals surface area contributed by atoms with Crippen LogP contribution in [0.15, 0.2) is 18.5 Å². The number of H-pyrrole nitrogens is 1. The van der Waals surface area contributed by atoms with E-state index in [9.17, 15) is 4.79 Å². The number of carbonyl (C=O) groups excluding carboxylic acids is 1. The number of nitrogens with zero attached hydrogens (tertiary/aromatic N) is 3. The zero-order valence-electron chi connectivity index (χ0n) is 9.19. The number of amides is 1. The maximum Gasteiger partial charge on any atom is 0.255 e. The van der Waals surface area contributed by atoms with E-state index >= 15 is 0 Å². The second kappa shape index (κ2) is 4.18. The molecule has 1 amide bonds. The molecule has 2 aromatic rings. The van der Waals surface area contributed by atoms with Crippen LogP contribution in [-0.2, 0) is 13.6 Å². The third-order valence-corrected chi connectivity index (χ3v) is 2.27. The minimum Gasteiger partial charge on any atom is -0.346 e. The summed E-state index contributed by atoms with van der Waals surface area (Å²) >= 11 is 0. The molecule has 2 N–H and O–H groups in total. The fourth-order valence-corrected chi connectivity index (χ4v) is 1.40. The molecular weight excluding hydrogens is 206 g/mol. The summed E-state index contributed by atoms with van der Waals surface area (Å²) in [7, 11) is 1.84. The molecule has 0 saturated carbocycles. The van der Waals surface area contributed by atoms with E-state index in [4.69, 9.17) is 0 Å². The van der Waals surface area contributed by atoms with Gasteiger partial charge in [0.15, 0.2) is 0 Å². The lowest BCUT2D eigenvalue weighted by atomic mass is 10.2. The quantitative estimate of drug-likeness (QED) is 0.783. The van der Waals surface area contributed by atoms with E-state index in [0.717, 1.165) is 11.4 Å². The average Bonchev–Trinajstić information content (AvgIpc) is 2.84. The Balaban J connectivity index is 1.96. The van der Waals surface area contributed by atoms with Crippen molar-refractivity contribution in [2.45, 2.75) is 13.5 Å². The van der Waals surface area contributed by atoms with Crippen LogP contribution in [0, 0.1) is 6.92 Å². The van der Waals surface area contributed by atoms with Gasteiger partial charge in [-0.15, -0.1) is 0 Å². The molecule has 16 heavy (non-hydrogen) atoms. The average molecular weight is 219 g/mol. The van der Waals surface area contributed by atoms with Crippen LogP contribution in [-0.4, -0.2) is 25.9 Å². The van der Waals surface area contributed by atoms with Gasteiger partial charge in [0.05, 0.1) is 24.0 Å². The maximum atomic E-state index is 11.7. The number of hydrogen-bond acceptors (Lipinski definition) is 3. The SMILES string of the molecule is Cc1[nH]ncc1C(=O)NCc1ccn(C)n1. The Bertz CT molecular complexity index is 499. The third-order valence-electron chi connectivity index (χ3n) is 2.27. The summed E-state index contributed by atoms with van der Waals surface area (Å²) in [4.78, 5) is 11.7. The van der Waals surface area contributed by atoms with Gasteiger partial charge in [-0.1, -0.05) is 0 Å². The summed E-state index contributed by atoms with van der Waals surface area (Å²) in [6, 6.07) is 1.86. The van der Waals surface area contributed by atoms with Crippen LogP contribution in [0.3, 0.4) is 0 Å². The Morgan fingerprint density at radius 2 is 2.44 bits per heavy atom. The van der Waals surface area contributed by atoms with Crippen molar-refractivity contribution in [2.24, 2.45) is 7.05 Å². The Labute approximate surface area is 92.7 Å². The normalized spacial score (nSPS) is 10.4. The van der Waals surface area contributed by atoms with E-state index in [2.05, 4.69) is 20.6 Å². The van der Waals surface area contributed by atoms with E-state index in [1.165, 1.54) is 6.20 Å². The number of aromatic nitrogens is 4. The smallest absolute Gasteiger partial charge is 0.255 e. The highest BCUT2D eigenvalue weighted by Crippen LogP contribution is 2.02. The highest BCUT2D eigenvalue weighted by molar-refractivity contribution is 5.94. The first-order chi connectivity index (χ1) is 7.66. The standard InChI is InChI=1S/C10H13N5O/c1-7-9(6-12-13-7)10(16)11-5-8-3-4-15(2)14-8/h3-4,6H,5H2,1-2H3,(H,11,16)(H,12,13). The summed E-state index contributed by atoms with van der Waals surface area (Å²) < 4.78 is 1.70. The Hall–Kier alpha value is -2.11. The number of nitrogens with one attached hydrogen (secondary N) is 2. The van der Waals surface area contributed by atoms with Gasteiger partial charge in [0.25, 0.3) is 5.91 Å². The molecule has 2 aromatic heterocycles. The molecule has 0 fully saturated rings. The van der Waals surface area contributed by atoms with E-state index in [1.54, 1.807) is 4.68 Å². The first-order valence-electron chi connectivity index (χ1n) is 4.93. The molecule has 0 radical (unpaired) electrons. The van der Waals surface area contributed by atoms with Gasteiger partial charge < -0.3 is 5.32 Å². The molecule has 6 heteroatoms. The maximum absolute atomic E-state index is 11.7. The summed E-state index contributed by atoms with van der Waals surface area (Å²) in [5.74, 6) is -0.142. The second-order valence-corrected chi connectivity index (χ2v) is 3.57. The summed E-state index contributed by atoms with van der Waals surface area (Å²) in [5.41, 5.74) is 2.16. The molecule has 0 aromatic carbocycles. The fourth-order valence-electron chi connectivity index (χ4n) is 1.40. The Morgan fingerprint density at radius 1 is 1.62 bits per heavy atom. The molecule has 2 heterocycles. The van der Waals surface area contributed by atoms with Gasteiger partial charge in [0.2, 0.25) is 0 Å². The zero-order chi connectivity index (χ0) is 11.5. The number of carbonyl (C=O) groups is 1. The van der Waals surface area contributed by atoms with Gasteiger partial charge >= 0.3 is 0 Å². The molecule has 6 nitrogen and oxygen atoms in total. The van der Waals surface area contributed by atoms with Crippen molar-refractivity contribution in [3.63, 3.8) is 0 Å². The van der Waals surface area contributed by atoms with Crippen LogP contribution < -0.4 is 5.32 Å². The predicted molar refractivity (Wildman–Crippen MR) is 57.7 cm³/mol. The van der Waals surface area contributed by atoms with E-state index in [1.807, 2.05) is 26.2 Å². The molecule has 0 spiro atoms. The lowest BCUT2D eigenvalue weighted by Crippen LogP contribution is -2.23. The van der Waals surface area contributed by atoms with Crippen molar-refractivity contribution in [1.29, 1.82) is 0 Å². The van der Waals surface area contributed by atoms with Crippen molar-refractivity contribution in [3.8, 4) is 0 Å². The molecular formula is C10H13N5O. The van der Waals surface area contributed by atoms with Crippen LogP contribution in [0.2, 0.25) is 0 Å². The van der Waals surface area contributed by atoms with Crippen molar-refractivity contribution < 1.29 is 4.79 Å². The lowest BCUT2D eigenvalue weighted by Gasteiger charge is -2.01. The number of rotatable bonds is 3. The van der Waals surface area contributed by atoms with E-state index in [-0.39, 0.29) is 5.91 Å². The van der Waals surface area contributed by atoms with Crippen molar-refractivity contribution in [2.75, 3.05) is 0 Å². The second-order valence-electron chi connectivity index (χ2n) is 3.57. The third kappa shape index (κ3) is 2.10. The minimum absolute atomic E-state index is 0.142. The molecule has 0 saturated heterocycles. The van der Waals surface area contributed by atoms with Gasteiger partial charge in [-0.2, -0.15) is 10.2 Å². The predicted octanol–water partition coefficient (Wildman–Crippen LogP) is 0.382. The minimum atomic E-state index is -0.142. The molecule has 0 aliphatic rings. The molecule has 0 aliphatic heterocycles. The monoisotopic (exact) mass is 219 g/mol. The highest BCUT2D eigenvalue weighted by atomic mass is 16.1. The van der Waals surface area contributed by atoms with Crippen LogP contribution in [0.5, 0.6) is 0 Å². The number of aromatic amines is 1. The van der Waals surface area contributed by atoms with Gasteiger partial charge in [-0.3, -0.25) is 14.6 Å². The van der Waals surface area contributed by atoms with E-state index in [0.29, 0.717) is 12.1 Å². The summed E-state index contributed by atoms with van der Waals surface area (Å²) in [6.45, 7) is 2.23. The molecule has 0 atom stereocenters. The van der Waals surface area contributed by atoms with Gasteiger partial charge in [0.1, 0.15) is 0 Å². The summed E-state index contributed by atoms with van der Waals surface area (Å²) in [5, 5.41) is 13.5. The van der Waals surface area contributed by atoms with Crippen LogP contribution in [0.4, 0.5) is 0 Å². The number of hydrogen-bond donors (Lipinski definition) is 2. The Kier molecular flexibility index (Phi) is 2.72. The number of aryl methyl sites for hydroxylation is 2. The molecule has 0 bridgehead atoms. The molecule has 0 unspecified atom stereocenters. The first-order valence-corrected chi connectivity index (χ1v) is 4.93. The summed E-state index contributed by atoms with van der Waals surface area (Å²) in [6.07, 6.45) is 3.35. The molecule has 2 rings (SSSR count). The topological polar surface area (TPSA) is 75.6 Å². The van der Waals surface area contributed by atoms with Gasteiger partial charge in [0, 0.05) is 18.9 Å². The zero-order valence-corrected chi connectivity index (χ0v) is 9.19.